The van der Waals surface area contributed by atoms with Gasteiger partial charge in [-0.1, -0.05) is 6.08 Å². The van der Waals surface area contributed by atoms with E-state index in [1.807, 2.05) is 6.26 Å². The molecule has 0 aliphatic carbocycles. The molecule has 0 aromatic carbocycles. The molecule has 92 valence electrons. The van der Waals surface area contributed by atoms with Gasteiger partial charge < -0.3 is 15.7 Å². The number of amides is 2. The Bertz CT molecular complexity index is 258. The molecule has 0 rings (SSSR count). The number of nitrogens with one attached hydrogen (secondary N) is 2. The van der Waals surface area contributed by atoms with Crippen LogP contribution in [0, 0.1) is 0 Å². The Labute approximate surface area is 99.7 Å². The lowest BCUT2D eigenvalue weighted by molar-refractivity contribution is -0.139. The van der Waals surface area contributed by atoms with Gasteiger partial charge in [-0.05, 0) is 25.4 Å². The second kappa shape index (κ2) is 8.04. The number of hydrogen-bond donors (Lipinski definition) is 3. The van der Waals surface area contributed by atoms with Gasteiger partial charge in [0.25, 0.3) is 0 Å². The molecule has 0 aromatic heterocycles. The fourth-order valence-corrected chi connectivity index (χ4v) is 1.43. The van der Waals surface area contributed by atoms with Gasteiger partial charge in [0.2, 0.25) is 0 Å². The number of carboxylic acid groups (broad SMARTS) is 1. The molecule has 6 heteroatoms. The largest absolute Gasteiger partial charge is 0.480 e. The van der Waals surface area contributed by atoms with E-state index in [1.54, 1.807) is 24.8 Å². The van der Waals surface area contributed by atoms with Crippen LogP contribution in [-0.2, 0) is 4.79 Å². The molecule has 0 fully saturated rings. The van der Waals surface area contributed by atoms with E-state index in [-0.39, 0.29) is 6.04 Å². The number of carbonyl (C=O) groups is 2. The van der Waals surface area contributed by atoms with Gasteiger partial charge in [0.15, 0.2) is 0 Å². The van der Waals surface area contributed by atoms with Crippen LogP contribution >= 0.6 is 11.8 Å². The van der Waals surface area contributed by atoms with Crippen molar-refractivity contribution in [1.29, 1.82) is 0 Å². The summed E-state index contributed by atoms with van der Waals surface area (Å²) < 4.78 is 0. The van der Waals surface area contributed by atoms with Crippen LogP contribution in [0.15, 0.2) is 12.7 Å². The van der Waals surface area contributed by atoms with Crippen LogP contribution in [0.1, 0.15) is 13.3 Å². The SMILES string of the molecule is C=CC(C)NC(=O)N[C@@H](CCSC)C(=O)O. The zero-order valence-corrected chi connectivity index (χ0v) is 10.3. The third-order valence-electron chi connectivity index (χ3n) is 1.93. The van der Waals surface area contributed by atoms with Crippen molar-refractivity contribution < 1.29 is 14.7 Å². The Hall–Kier alpha value is -1.17. The van der Waals surface area contributed by atoms with Crippen molar-refractivity contribution in [2.45, 2.75) is 25.4 Å². The molecule has 2 amide bonds. The van der Waals surface area contributed by atoms with Gasteiger partial charge in [0.1, 0.15) is 6.04 Å². The number of aliphatic carboxylic acids is 1. The molecule has 0 aliphatic rings. The maximum Gasteiger partial charge on any atom is 0.326 e. The van der Waals surface area contributed by atoms with E-state index in [9.17, 15) is 9.59 Å². The highest BCUT2D eigenvalue weighted by Gasteiger charge is 2.19. The molecule has 0 heterocycles. The molecule has 0 spiro atoms. The third-order valence-corrected chi connectivity index (χ3v) is 2.57. The molecule has 16 heavy (non-hydrogen) atoms. The van der Waals surface area contributed by atoms with Crippen LogP contribution in [0.5, 0.6) is 0 Å². The van der Waals surface area contributed by atoms with Crippen molar-refractivity contribution in [3.8, 4) is 0 Å². The molecular weight excluding hydrogens is 228 g/mol. The first kappa shape index (κ1) is 14.8. The summed E-state index contributed by atoms with van der Waals surface area (Å²) in [6.45, 7) is 5.27. The summed E-state index contributed by atoms with van der Waals surface area (Å²) in [5, 5.41) is 13.8. The lowest BCUT2D eigenvalue weighted by Crippen LogP contribution is -2.48. The number of hydrogen-bond acceptors (Lipinski definition) is 3. The van der Waals surface area contributed by atoms with E-state index >= 15 is 0 Å². The summed E-state index contributed by atoms with van der Waals surface area (Å²) in [6.07, 6.45) is 3.86. The monoisotopic (exact) mass is 246 g/mol. The van der Waals surface area contributed by atoms with Crippen molar-refractivity contribution >= 4 is 23.8 Å². The van der Waals surface area contributed by atoms with E-state index < -0.39 is 18.0 Å². The number of carbonyl (C=O) groups excluding carboxylic acids is 1. The topological polar surface area (TPSA) is 78.4 Å². The van der Waals surface area contributed by atoms with E-state index in [0.717, 1.165) is 0 Å². The van der Waals surface area contributed by atoms with Crippen LogP contribution < -0.4 is 10.6 Å². The molecule has 0 saturated carbocycles. The van der Waals surface area contributed by atoms with Crippen molar-refractivity contribution in [3.05, 3.63) is 12.7 Å². The zero-order chi connectivity index (χ0) is 12.6. The van der Waals surface area contributed by atoms with Crippen molar-refractivity contribution in [2.75, 3.05) is 12.0 Å². The van der Waals surface area contributed by atoms with Crippen LogP contribution in [0.4, 0.5) is 4.79 Å². The van der Waals surface area contributed by atoms with Gasteiger partial charge >= 0.3 is 12.0 Å². The average molecular weight is 246 g/mol. The minimum absolute atomic E-state index is 0.185. The smallest absolute Gasteiger partial charge is 0.326 e. The fourth-order valence-electron chi connectivity index (χ4n) is 0.959. The Balaban J connectivity index is 4.12. The first-order valence-corrected chi connectivity index (χ1v) is 6.32. The Morgan fingerprint density at radius 3 is 2.56 bits per heavy atom. The fraction of sp³-hybridized carbons (Fsp3) is 0.600. The molecule has 0 saturated heterocycles. The highest BCUT2D eigenvalue weighted by atomic mass is 32.2. The number of urea groups is 1. The lowest BCUT2D eigenvalue weighted by Gasteiger charge is -2.16. The summed E-state index contributed by atoms with van der Waals surface area (Å²) in [7, 11) is 0. The van der Waals surface area contributed by atoms with Crippen LogP contribution in [0.25, 0.3) is 0 Å². The molecule has 0 aromatic rings. The molecule has 5 nitrogen and oxygen atoms in total. The standard InChI is InChI=1S/C10H18N2O3S/c1-4-7(2)11-10(15)12-8(9(13)14)5-6-16-3/h4,7-8H,1,5-6H2,2-3H3,(H,13,14)(H2,11,12,15)/t7?,8-/m0/s1. The summed E-state index contributed by atoms with van der Waals surface area (Å²) in [5.41, 5.74) is 0. The molecule has 3 N–H and O–H groups in total. The van der Waals surface area contributed by atoms with Gasteiger partial charge in [0.05, 0.1) is 0 Å². The number of rotatable bonds is 7. The minimum Gasteiger partial charge on any atom is -0.480 e. The normalized spacial score (nSPS) is 13.6. The lowest BCUT2D eigenvalue weighted by atomic mass is 10.2. The Morgan fingerprint density at radius 1 is 1.50 bits per heavy atom. The van der Waals surface area contributed by atoms with Gasteiger partial charge in [-0.25, -0.2) is 9.59 Å². The molecule has 1 unspecified atom stereocenters. The molecular formula is C10H18N2O3S. The number of carboxylic acids is 1. The maximum absolute atomic E-state index is 11.4. The van der Waals surface area contributed by atoms with Gasteiger partial charge in [-0.15, -0.1) is 6.58 Å². The molecule has 0 aliphatic heterocycles. The predicted octanol–water partition coefficient (Wildman–Crippen LogP) is 1.07. The van der Waals surface area contributed by atoms with Crippen molar-refractivity contribution in [1.82, 2.24) is 10.6 Å². The van der Waals surface area contributed by atoms with Crippen LogP contribution in [-0.4, -0.2) is 41.2 Å². The highest BCUT2D eigenvalue weighted by molar-refractivity contribution is 7.98. The highest BCUT2D eigenvalue weighted by Crippen LogP contribution is 2.00. The average Bonchev–Trinajstić information content (AvgIpc) is 2.23. The Kier molecular flexibility index (Phi) is 7.45. The third kappa shape index (κ3) is 6.34. The maximum atomic E-state index is 11.4. The summed E-state index contributed by atoms with van der Waals surface area (Å²) >= 11 is 1.54. The van der Waals surface area contributed by atoms with Crippen molar-refractivity contribution in [3.63, 3.8) is 0 Å². The quantitative estimate of drug-likeness (QED) is 0.587. The molecule has 0 bridgehead atoms. The number of thioether (sulfide) groups is 1. The summed E-state index contributed by atoms with van der Waals surface area (Å²) in [6, 6.07) is -1.51. The summed E-state index contributed by atoms with van der Waals surface area (Å²) in [5.74, 6) is -0.329. The van der Waals surface area contributed by atoms with E-state index in [2.05, 4.69) is 17.2 Å². The second-order valence-corrected chi connectivity index (χ2v) is 4.30. The molecule has 0 radical (unpaired) electrons. The second-order valence-electron chi connectivity index (χ2n) is 3.31. The first-order chi connectivity index (χ1) is 7.51. The van der Waals surface area contributed by atoms with Crippen LogP contribution in [0.2, 0.25) is 0 Å². The minimum atomic E-state index is -1.02. The van der Waals surface area contributed by atoms with E-state index in [4.69, 9.17) is 5.11 Å². The predicted molar refractivity (Wildman–Crippen MR) is 65.7 cm³/mol. The Morgan fingerprint density at radius 2 is 2.12 bits per heavy atom. The van der Waals surface area contributed by atoms with Gasteiger partial charge in [0, 0.05) is 6.04 Å². The zero-order valence-electron chi connectivity index (χ0n) is 9.53. The summed E-state index contributed by atoms with van der Waals surface area (Å²) in [4.78, 5) is 22.2. The first-order valence-electron chi connectivity index (χ1n) is 4.92. The van der Waals surface area contributed by atoms with Crippen LogP contribution in [0.3, 0.4) is 0 Å². The van der Waals surface area contributed by atoms with E-state index in [0.29, 0.717) is 12.2 Å². The van der Waals surface area contributed by atoms with Gasteiger partial charge in [-0.3, -0.25) is 0 Å². The van der Waals surface area contributed by atoms with Gasteiger partial charge in [-0.2, -0.15) is 11.8 Å². The van der Waals surface area contributed by atoms with E-state index in [1.165, 1.54) is 0 Å². The molecule has 2 atom stereocenters. The van der Waals surface area contributed by atoms with Crippen molar-refractivity contribution in [2.24, 2.45) is 0 Å².